The standard InChI is InChI=1S/C15H17FO3/c16-15-4-3-12(10-13(15)2-1-7-17)11-19-14-5-8-18-9-6-14/h3-4,10,14,17H,5-9,11H2. The van der Waals surface area contributed by atoms with Crippen molar-refractivity contribution in [2.45, 2.75) is 25.6 Å². The highest BCUT2D eigenvalue weighted by molar-refractivity contribution is 5.38. The van der Waals surface area contributed by atoms with Crippen molar-refractivity contribution in [3.8, 4) is 11.8 Å². The Kier molecular flexibility index (Phi) is 5.34. The van der Waals surface area contributed by atoms with Crippen LogP contribution in [0.3, 0.4) is 0 Å². The predicted octanol–water partition coefficient (Wildman–Crippen LogP) is 1.87. The van der Waals surface area contributed by atoms with Gasteiger partial charge in [0.2, 0.25) is 0 Å². The highest BCUT2D eigenvalue weighted by Crippen LogP contribution is 2.15. The van der Waals surface area contributed by atoms with Crippen LogP contribution >= 0.6 is 0 Å². The van der Waals surface area contributed by atoms with Crippen LogP contribution in [0.2, 0.25) is 0 Å². The van der Waals surface area contributed by atoms with Gasteiger partial charge in [-0.15, -0.1) is 0 Å². The first-order valence-electron chi connectivity index (χ1n) is 6.37. The Hall–Kier alpha value is -1.41. The molecular weight excluding hydrogens is 247 g/mol. The fraction of sp³-hybridized carbons (Fsp3) is 0.467. The van der Waals surface area contributed by atoms with Crippen LogP contribution in [-0.2, 0) is 16.1 Å². The van der Waals surface area contributed by atoms with Crippen molar-refractivity contribution in [3.05, 3.63) is 35.1 Å². The molecule has 1 fully saturated rings. The lowest BCUT2D eigenvalue weighted by Crippen LogP contribution is -2.23. The molecule has 4 heteroatoms. The molecular formula is C15H17FO3. The van der Waals surface area contributed by atoms with E-state index in [1.807, 2.05) is 0 Å². The summed E-state index contributed by atoms with van der Waals surface area (Å²) in [6.07, 6.45) is 2.02. The smallest absolute Gasteiger partial charge is 0.138 e. The van der Waals surface area contributed by atoms with Gasteiger partial charge in [-0.3, -0.25) is 0 Å². The highest BCUT2D eigenvalue weighted by atomic mass is 19.1. The number of hydrogen-bond donors (Lipinski definition) is 1. The zero-order valence-electron chi connectivity index (χ0n) is 10.7. The molecule has 1 aliphatic rings. The van der Waals surface area contributed by atoms with E-state index in [9.17, 15) is 4.39 Å². The summed E-state index contributed by atoms with van der Waals surface area (Å²) in [7, 11) is 0. The summed E-state index contributed by atoms with van der Waals surface area (Å²) in [6.45, 7) is 1.64. The highest BCUT2D eigenvalue weighted by Gasteiger charge is 2.14. The van der Waals surface area contributed by atoms with E-state index < -0.39 is 0 Å². The van der Waals surface area contributed by atoms with Crippen molar-refractivity contribution < 1.29 is 19.0 Å². The monoisotopic (exact) mass is 264 g/mol. The van der Waals surface area contributed by atoms with Crippen LogP contribution in [0.1, 0.15) is 24.0 Å². The van der Waals surface area contributed by atoms with Crippen LogP contribution < -0.4 is 0 Å². The Morgan fingerprint density at radius 2 is 2.16 bits per heavy atom. The van der Waals surface area contributed by atoms with E-state index in [0.717, 1.165) is 31.6 Å². The van der Waals surface area contributed by atoms with E-state index >= 15 is 0 Å². The van der Waals surface area contributed by atoms with E-state index in [2.05, 4.69) is 11.8 Å². The number of ether oxygens (including phenoxy) is 2. The summed E-state index contributed by atoms with van der Waals surface area (Å²) in [5, 5.41) is 8.63. The number of halogens is 1. The van der Waals surface area contributed by atoms with Crippen molar-refractivity contribution in [3.63, 3.8) is 0 Å². The first kappa shape index (κ1) is 14.0. The molecule has 0 bridgehead atoms. The van der Waals surface area contributed by atoms with E-state index in [4.69, 9.17) is 14.6 Å². The molecule has 1 saturated heterocycles. The van der Waals surface area contributed by atoms with Crippen molar-refractivity contribution in [1.29, 1.82) is 0 Å². The molecule has 0 unspecified atom stereocenters. The summed E-state index contributed by atoms with van der Waals surface area (Å²) >= 11 is 0. The molecule has 1 heterocycles. The molecule has 0 aromatic heterocycles. The van der Waals surface area contributed by atoms with Gasteiger partial charge in [0.1, 0.15) is 12.4 Å². The lowest BCUT2D eigenvalue weighted by Gasteiger charge is -2.22. The number of aliphatic hydroxyl groups excluding tert-OH is 1. The second-order valence-corrected chi connectivity index (χ2v) is 4.40. The molecule has 19 heavy (non-hydrogen) atoms. The Bertz CT molecular complexity index is 470. The normalized spacial score (nSPS) is 15.9. The Balaban J connectivity index is 1.96. The average Bonchev–Trinajstić information content (AvgIpc) is 2.46. The summed E-state index contributed by atoms with van der Waals surface area (Å²) < 4.78 is 24.5. The Labute approximate surface area is 112 Å². The van der Waals surface area contributed by atoms with Gasteiger partial charge in [-0.05, 0) is 30.5 Å². The molecule has 0 amide bonds. The summed E-state index contributed by atoms with van der Waals surface area (Å²) in [5.74, 6) is 4.66. The molecule has 3 nitrogen and oxygen atoms in total. The third-order valence-corrected chi connectivity index (χ3v) is 2.99. The van der Waals surface area contributed by atoms with E-state index in [-0.39, 0.29) is 18.5 Å². The van der Waals surface area contributed by atoms with Gasteiger partial charge in [0.05, 0.1) is 18.3 Å². The maximum Gasteiger partial charge on any atom is 0.138 e. The molecule has 102 valence electrons. The molecule has 1 N–H and O–H groups in total. The van der Waals surface area contributed by atoms with Crippen LogP contribution in [-0.4, -0.2) is 31.0 Å². The summed E-state index contributed by atoms with van der Waals surface area (Å²) in [6, 6.07) is 4.74. The van der Waals surface area contributed by atoms with Gasteiger partial charge >= 0.3 is 0 Å². The van der Waals surface area contributed by atoms with E-state index in [1.165, 1.54) is 6.07 Å². The fourth-order valence-electron chi connectivity index (χ4n) is 1.95. The van der Waals surface area contributed by atoms with Crippen LogP contribution in [0.25, 0.3) is 0 Å². The van der Waals surface area contributed by atoms with Gasteiger partial charge < -0.3 is 14.6 Å². The van der Waals surface area contributed by atoms with E-state index in [0.29, 0.717) is 12.2 Å². The van der Waals surface area contributed by atoms with E-state index in [1.54, 1.807) is 12.1 Å². The van der Waals surface area contributed by atoms with Crippen molar-refractivity contribution in [1.82, 2.24) is 0 Å². The quantitative estimate of drug-likeness (QED) is 0.847. The second-order valence-electron chi connectivity index (χ2n) is 4.40. The lowest BCUT2D eigenvalue weighted by molar-refractivity contribution is -0.0390. The zero-order valence-corrected chi connectivity index (χ0v) is 10.7. The molecule has 2 rings (SSSR count). The van der Waals surface area contributed by atoms with Crippen LogP contribution in [0.5, 0.6) is 0 Å². The Morgan fingerprint density at radius 3 is 2.89 bits per heavy atom. The maximum absolute atomic E-state index is 13.4. The number of aliphatic hydroxyl groups is 1. The molecule has 1 aliphatic heterocycles. The topological polar surface area (TPSA) is 38.7 Å². The minimum Gasteiger partial charge on any atom is -0.384 e. The maximum atomic E-state index is 13.4. The number of rotatable bonds is 3. The SMILES string of the molecule is OCC#Cc1cc(COC2CCOCC2)ccc1F. The average molecular weight is 264 g/mol. The van der Waals surface area contributed by atoms with Gasteiger partial charge in [-0.1, -0.05) is 17.9 Å². The van der Waals surface area contributed by atoms with Crippen LogP contribution in [0, 0.1) is 17.7 Å². The first-order chi connectivity index (χ1) is 9.29. The molecule has 0 aliphatic carbocycles. The second kappa shape index (κ2) is 7.25. The molecule has 1 aromatic carbocycles. The third kappa shape index (κ3) is 4.32. The summed E-state index contributed by atoms with van der Waals surface area (Å²) in [5.41, 5.74) is 1.18. The Morgan fingerprint density at radius 1 is 1.37 bits per heavy atom. The predicted molar refractivity (Wildman–Crippen MR) is 69.0 cm³/mol. The molecule has 0 atom stereocenters. The summed E-state index contributed by atoms with van der Waals surface area (Å²) in [4.78, 5) is 0. The van der Waals surface area contributed by atoms with Gasteiger partial charge in [0, 0.05) is 13.2 Å². The lowest BCUT2D eigenvalue weighted by atomic mass is 10.1. The van der Waals surface area contributed by atoms with Crippen molar-refractivity contribution in [2.75, 3.05) is 19.8 Å². The van der Waals surface area contributed by atoms with Gasteiger partial charge in [-0.25, -0.2) is 4.39 Å². The molecule has 0 saturated carbocycles. The third-order valence-electron chi connectivity index (χ3n) is 2.99. The molecule has 0 spiro atoms. The molecule has 1 aromatic rings. The van der Waals surface area contributed by atoms with Gasteiger partial charge in [0.25, 0.3) is 0 Å². The zero-order chi connectivity index (χ0) is 13.5. The largest absolute Gasteiger partial charge is 0.384 e. The van der Waals surface area contributed by atoms with Crippen LogP contribution in [0.4, 0.5) is 4.39 Å². The molecule has 0 radical (unpaired) electrons. The number of benzene rings is 1. The van der Waals surface area contributed by atoms with Gasteiger partial charge in [0.15, 0.2) is 0 Å². The van der Waals surface area contributed by atoms with Crippen molar-refractivity contribution in [2.24, 2.45) is 0 Å². The minimum atomic E-state index is -0.379. The van der Waals surface area contributed by atoms with Crippen molar-refractivity contribution >= 4 is 0 Å². The fourth-order valence-corrected chi connectivity index (χ4v) is 1.95. The first-order valence-corrected chi connectivity index (χ1v) is 6.37. The minimum absolute atomic E-state index is 0.214. The number of hydrogen-bond acceptors (Lipinski definition) is 3. The van der Waals surface area contributed by atoms with Crippen LogP contribution in [0.15, 0.2) is 18.2 Å². The van der Waals surface area contributed by atoms with Gasteiger partial charge in [-0.2, -0.15) is 0 Å².